The van der Waals surface area contributed by atoms with Crippen LogP contribution in [0.4, 0.5) is 0 Å². The summed E-state index contributed by atoms with van der Waals surface area (Å²) < 4.78 is 6.21. The average molecular weight is 284 g/mol. The highest BCUT2D eigenvalue weighted by atomic mass is 16.5. The number of rotatable bonds is 8. The highest BCUT2D eigenvalue weighted by molar-refractivity contribution is 4.86. The van der Waals surface area contributed by atoms with E-state index >= 15 is 0 Å². The van der Waals surface area contributed by atoms with Crippen LogP contribution in [0.25, 0.3) is 0 Å². The van der Waals surface area contributed by atoms with Gasteiger partial charge in [-0.2, -0.15) is 0 Å². The molecule has 1 aliphatic rings. The van der Waals surface area contributed by atoms with E-state index in [0.717, 1.165) is 19.1 Å². The van der Waals surface area contributed by atoms with Crippen molar-refractivity contribution in [1.82, 2.24) is 0 Å². The van der Waals surface area contributed by atoms with Crippen molar-refractivity contribution in [2.24, 2.45) is 23.0 Å². The van der Waals surface area contributed by atoms with Gasteiger partial charge in [0.15, 0.2) is 0 Å². The van der Waals surface area contributed by atoms with E-state index in [9.17, 15) is 0 Å². The van der Waals surface area contributed by atoms with Gasteiger partial charge in [-0.25, -0.2) is 0 Å². The lowest BCUT2D eigenvalue weighted by atomic mass is 9.68. The quantitative estimate of drug-likeness (QED) is 0.652. The monoisotopic (exact) mass is 283 g/mol. The zero-order valence-corrected chi connectivity index (χ0v) is 14.3. The van der Waals surface area contributed by atoms with Crippen molar-refractivity contribution in [2.45, 2.75) is 85.2 Å². The fourth-order valence-electron chi connectivity index (χ4n) is 3.39. The van der Waals surface area contributed by atoms with Gasteiger partial charge in [-0.05, 0) is 49.5 Å². The Morgan fingerprint density at radius 2 is 1.75 bits per heavy atom. The molecule has 1 aliphatic carbocycles. The standard InChI is InChI=1S/C18H37NO/c1-5-6-7-8-9-12-20-17-13-16(18(2,3)4)11-10-15(17)14-19/h15-17H,5-14,19H2,1-4H3. The van der Waals surface area contributed by atoms with Gasteiger partial charge in [-0.15, -0.1) is 0 Å². The van der Waals surface area contributed by atoms with E-state index in [-0.39, 0.29) is 0 Å². The summed E-state index contributed by atoms with van der Waals surface area (Å²) >= 11 is 0. The van der Waals surface area contributed by atoms with E-state index in [1.165, 1.54) is 51.4 Å². The number of unbranched alkanes of at least 4 members (excludes halogenated alkanes) is 4. The van der Waals surface area contributed by atoms with Crippen LogP contribution in [0.15, 0.2) is 0 Å². The molecule has 1 rings (SSSR count). The van der Waals surface area contributed by atoms with Gasteiger partial charge in [0.05, 0.1) is 6.10 Å². The number of ether oxygens (including phenoxy) is 1. The summed E-state index contributed by atoms with van der Waals surface area (Å²) in [4.78, 5) is 0. The van der Waals surface area contributed by atoms with Crippen molar-refractivity contribution in [1.29, 1.82) is 0 Å². The third-order valence-corrected chi connectivity index (χ3v) is 5.04. The molecular weight excluding hydrogens is 246 g/mol. The molecule has 1 fully saturated rings. The largest absolute Gasteiger partial charge is 0.378 e. The molecule has 0 radical (unpaired) electrons. The lowest BCUT2D eigenvalue weighted by Gasteiger charge is -2.41. The maximum atomic E-state index is 6.21. The molecule has 0 amide bonds. The van der Waals surface area contributed by atoms with Crippen molar-refractivity contribution in [2.75, 3.05) is 13.2 Å². The van der Waals surface area contributed by atoms with Crippen LogP contribution in [0.2, 0.25) is 0 Å². The molecule has 1 saturated carbocycles. The van der Waals surface area contributed by atoms with Gasteiger partial charge in [0, 0.05) is 6.61 Å². The zero-order chi connectivity index (χ0) is 15.0. The number of hydrogen-bond acceptors (Lipinski definition) is 2. The summed E-state index contributed by atoms with van der Waals surface area (Å²) in [5, 5.41) is 0. The second-order valence-corrected chi connectivity index (χ2v) is 7.70. The predicted molar refractivity (Wildman–Crippen MR) is 87.8 cm³/mol. The number of nitrogens with two attached hydrogens (primary N) is 1. The Kier molecular flexibility index (Phi) is 8.13. The fraction of sp³-hybridized carbons (Fsp3) is 1.00. The molecule has 0 aliphatic heterocycles. The Balaban J connectivity index is 2.31. The van der Waals surface area contributed by atoms with Gasteiger partial charge in [0.1, 0.15) is 0 Å². The fourth-order valence-corrected chi connectivity index (χ4v) is 3.39. The molecule has 0 aromatic rings. The van der Waals surface area contributed by atoms with Gasteiger partial charge in [0.2, 0.25) is 0 Å². The highest BCUT2D eigenvalue weighted by Gasteiger charge is 2.35. The van der Waals surface area contributed by atoms with E-state index in [1.807, 2.05) is 0 Å². The van der Waals surface area contributed by atoms with E-state index in [0.29, 0.717) is 17.4 Å². The molecule has 2 nitrogen and oxygen atoms in total. The molecule has 3 atom stereocenters. The number of hydrogen-bond donors (Lipinski definition) is 1. The first kappa shape index (κ1) is 18.0. The van der Waals surface area contributed by atoms with Crippen LogP contribution in [-0.2, 0) is 4.74 Å². The van der Waals surface area contributed by atoms with E-state index in [4.69, 9.17) is 10.5 Å². The van der Waals surface area contributed by atoms with Crippen molar-refractivity contribution in [3.05, 3.63) is 0 Å². The molecule has 0 heterocycles. The van der Waals surface area contributed by atoms with Gasteiger partial charge in [-0.3, -0.25) is 0 Å². The topological polar surface area (TPSA) is 35.2 Å². The smallest absolute Gasteiger partial charge is 0.0618 e. The lowest BCUT2D eigenvalue weighted by molar-refractivity contribution is -0.0416. The summed E-state index contributed by atoms with van der Waals surface area (Å²) in [7, 11) is 0. The first-order valence-electron chi connectivity index (χ1n) is 8.80. The average Bonchev–Trinajstić information content (AvgIpc) is 2.41. The minimum Gasteiger partial charge on any atom is -0.378 e. The molecule has 0 aromatic carbocycles. The van der Waals surface area contributed by atoms with E-state index in [1.54, 1.807) is 0 Å². The Morgan fingerprint density at radius 3 is 2.35 bits per heavy atom. The molecule has 0 spiro atoms. The summed E-state index contributed by atoms with van der Waals surface area (Å²) in [6.45, 7) is 11.1. The van der Waals surface area contributed by atoms with Crippen molar-refractivity contribution < 1.29 is 4.74 Å². The van der Waals surface area contributed by atoms with Crippen LogP contribution < -0.4 is 5.73 Å². The lowest BCUT2D eigenvalue weighted by Crippen LogP contribution is -2.40. The molecule has 20 heavy (non-hydrogen) atoms. The van der Waals surface area contributed by atoms with Crippen LogP contribution in [-0.4, -0.2) is 19.3 Å². The van der Waals surface area contributed by atoms with E-state index in [2.05, 4.69) is 27.7 Å². The normalized spacial score (nSPS) is 27.8. The van der Waals surface area contributed by atoms with Gasteiger partial charge in [0.25, 0.3) is 0 Å². The molecule has 3 unspecified atom stereocenters. The van der Waals surface area contributed by atoms with Crippen LogP contribution in [0.3, 0.4) is 0 Å². The predicted octanol–water partition coefficient (Wildman–Crippen LogP) is 4.76. The Hall–Kier alpha value is -0.0800. The third kappa shape index (κ3) is 6.13. The van der Waals surface area contributed by atoms with Crippen molar-refractivity contribution in [3.63, 3.8) is 0 Å². The first-order chi connectivity index (χ1) is 9.49. The Morgan fingerprint density at radius 1 is 1.05 bits per heavy atom. The summed E-state index contributed by atoms with van der Waals surface area (Å²) in [6.07, 6.45) is 10.7. The summed E-state index contributed by atoms with van der Waals surface area (Å²) in [5.41, 5.74) is 6.34. The van der Waals surface area contributed by atoms with Gasteiger partial charge >= 0.3 is 0 Å². The molecule has 0 bridgehead atoms. The van der Waals surface area contributed by atoms with Crippen molar-refractivity contribution >= 4 is 0 Å². The van der Waals surface area contributed by atoms with Gasteiger partial charge < -0.3 is 10.5 Å². The van der Waals surface area contributed by atoms with E-state index < -0.39 is 0 Å². The molecule has 0 aromatic heterocycles. The minimum absolute atomic E-state index is 0.405. The summed E-state index contributed by atoms with van der Waals surface area (Å²) in [5.74, 6) is 1.37. The molecule has 2 N–H and O–H groups in total. The Bertz CT molecular complexity index is 246. The molecular formula is C18H37NO. The van der Waals surface area contributed by atoms with Crippen LogP contribution in [0, 0.1) is 17.3 Å². The maximum absolute atomic E-state index is 6.21. The first-order valence-corrected chi connectivity index (χ1v) is 8.80. The molecule has 120 valence electrons. The van der Waals surface area contributed by atoms with Crippen LogP contribution in [0.1, 0.15) is 79.1 Å². The van der Waals surface area contributed by atoms with Gasteiger partial charge in [-0.1, -0.05) is 53.4 Å². The van der Waals surface area contributed by atoms with Crippen LogP contribution in [0.5, 0.6) is 0 Å². The minimum atomic E-state index is 0.405. The molecule has 0 saturated heterocycles. The highest BCUT2D eigenvalue weighted by Crippen LogP contribution is 2.40. The summed E-state index contributed by atoms with van der Waals surface area (Å²) in [6, 6.07) is 0. The third-order valence-electron chi connectivity index (χ3n) is 5.04. The zero-order valence-electron chi connectivity index (χ0n) is 14.3. The SMILES string of the molecule is CCCCCCCOC1CC(C(C)(C)C)CCC1CN. The maximum Gasteiger partial charge on any atom is 0.0618 e. The molecule has 2 heteroatoms. The second kappa shape index (κ2) is 9.04. The Labute approximate surface area is 126 Å². The van der Waals surface area contributed by atoms with Crippen molar-refractivity contribution in [3.8, 4) is 0 Å². The second-order valence-electron chi connectivity index (χ2n) is 7.70. The van der Waals surface area contributed by atoms with Crippen LogP contribution >= 0.6 is 0 Å².